The maximum absolute atomic E-state index is 5.61. The number of anilines is 1. The van der Waals surface area contributed by atoms with Gasteiger partial charge in [0.2, 0.25) is 0 Å². The summed E-state index contributed by atoms with van der Waals surface area (Å²) < 4.78 is 5.61. The first-order chi connectivity index (χ1) is 8.25. The van der Waals surface area contributed by atoms with E-state index in [2.05, 4.69) is 15.3 Å². The van der Waals surface area contributed by atoms with Crippen molar-refractivity contribution in [1.29, 1.82) is 0 Å². The number of aromatic nitrogens is 2. The minimum Gasteiger partial charge on any atom is -0.388 e. The van der Waals surface area contributed by atoms with Crippen molar-refractivity contribution in [2.75, 3.05) is 18.5 Å². The number of hydrogen-bond donors (Lipinski definition) is 2. The van der Waals surface area contributed by atoms with Crippen LogP contribution in [0.15, 0.2) is 12.4 Å². The minimum atomic E-state index is 0.264. The molecule has 0 amide bonds. The predicted octanol–water partition coefficient (Wildman–Crippen LogP) is 1.09. The summed E-state index contributed by atoms with van der Waals surface area (Å²) in [6.45, 7) is 1.62. The van der Waals surface area contributed by atoms with Crippen LogP contribution in [0.2, 0.25) is 0 Å². The monoisotopic (exact) mass is 252 g/mol. The van der Waals surface area contributed by atoms with E-state index < -0.39 is 0 Å². The highest BCUT2D eigenvalue weighted by Gasteiger charge is 2.13. The number of hydrogen-bond acceptors (Lipinski definition) is 5. The molecule has 1 saturated heterocycles. The first-order valence-electron chi connectivity index (χ1n) is 5.73. The van der Waals surface area contributed by atoms with Crippen LogP contribution < -0.4 is 11.1 Å². The molecule has 6 heteroatoms. The van der Waals surface area contributed by atoms with E-state index in [1.807, 2.05) is 0 Å². The van der Waals surface area contributed by atoms with E-state index in [1.165, 1.54) is 12.8 Å². The van der Waals surface area contributed by atoms with Crippen LogP contribution in [0.25, 0.3) is 0 Å². The molecule has 5 nitrogen and oxygen atoms in total. The molecule has 17 heavy (non-hydrogen) atoms. The summed E-state index contributed by atoms with van der Waals surface area (Å²) in [5, 5.41) is 3.20. The molecule has 0 radical (unpaired) electrons. The smallest absolute Gasteiger partial charge is 0.144 e. The normalized spacial score (nSPS) is 19.9. The fourth-order valence-corrected chi connectivity index (χ4v) is 1.84. The lowest BCUT2D eigenvalue weighted by Crippen LogP contribution is -2.27. The van der Waals surface area contributed by atoms with Crippen LogP contribution in [0.5, 0.6) is 0 Å². The summed E-state index contributed by atoms with van der Waals surface area (Å²) >= 11 is 4.81. The van der Waals surface area contributed by atoms with Crippen LogP contribution in [0.1, 0.15) is 25.0 Å². The van der Waals surface area contributed by atoms with Crippen LogP contribution in [0.4, 0.5) is 5.82 Å². The van der Waals surface area contributed by atoms with Crippen molar-refractivity contribution in [2.45, 2.75) is 25.4 Å². The predicted molar refractivity (Wildman–Crippen MR) is 70.0 cm³/mol. The molecule has 0 saturated carbocycles. The van der Waals surface area contributed by atoms with E-state index in [-0.39, 0.29) is 11.1 Å². The van der Waals surface area contributed by atoms with Gasteiger partial charge in [0.1, 0.15) is 16.5 Å². The second-order valence-corrected chi connectivity index (χ2v) is 4.46. The second kappa shape index (κ2) is 5.88. The Morgan fingerprint density at radius 2 is 2.35 bits per heavy atom. The van der Waals surface area contributed by atoms with E-state index in [4.69, 9.17) is 22.7 Å². The van der Waals surface area contributed by atoms with Gasteiger partial charge in [0.25, 0.3) is 0 Å². The average molecular weight is 252 g/mol. The van der Waals surface area contributed by atoms with Crippen molar-refractivity contribution in [3.05, 3.63) is 18.1 Å². The van der Waals surface area contributed by atoms with E-state index >= 15 is 0 Å². The largest absolute Gasteiger partial charge is 0.388 e. The van der Waals surface area contributed by atoms with E-state index in [0.717, 1.165) is 25.4 Å². The van der Waals surface area contributed by atoms with Gasteiger partial charge in [0.15, 0.2) is 0 Å². The molecule has 0 spiro atoms. The second-order valence-electron chi connectivity index (χ2n) is 4.02. The fourth-order valence-electron chi connectivity index (χ4n) is 1.73. The summed E-state index contributed by atoms with van der Waals surface area (Å²) in [5.41, 5.74) is 5.98. The summed E-state index contributed by atoms with van der Waals surface area (Å²) in [5.74, 6) is 0.721. The van der Waals surface area contributed by atoms with Crippen LogP contribution in [0, 0.1) is 0 Å². The van der Waals surface area contributed by atoms with E-state index in [1.54, 1.807) is 12.4 Å². The Hall–Kier alpha value is -1.27. The number of rotatable bonds is 4. The highest BCUT2D eigenvalue weighted by atomic mass is 32.1. The van der Waals surface area contributed by atoms with Gasteiger partial charge in [0, 0.05) is 13.2 Å². The molecule has 2 rings (SSSR count). The van der Waals surface area contributed by atoms with Crippen LogP contribution in [0.3, 0.4) is 0 Å². The van der Waals surface area contributed by atoms with Gasteiger partial charge >= 0.3 is 0 Å². The number of nitrogens with two attached hydrogens (primary N) is 1. The fraction of sp³-hybridized carbons (Fsp3) is 0.545. The first-order valence-corrected chi connectivity index (χ1v) is 6.14. The van der Waals surface area contributed by atoms with Crippen LogP contribution in [-0.2, 0) is 4.74 Å². The molecule has 1 aromatic heterocycles. The number of ether oxygens (including phenoxy) is 1. The standard InChI is InChI=1S/C11H16N4OS/c12-11(17)9-6-15-10(7-13-9)14-5-8-3-1-2-4-16-8/h6-8H,1-5H2,(H2,12,17)(H,14,15). The molecule has 3 N–H and O–H groups in total. The topological polar surface area (TPSA) is 73.1 Å². The summed E-state index contributed by atoms with van der Waals surface area (Å²) in [4.78, 5) is 8.56. The minimum absolute atomic E-state index is 0.264. The lowest BCUT2D eigenvalue weighted by atomic mass is 10.1. The lowest BCUT2D eigenvalue weighted by Gasteiger charge is -2.22. The molecule has 0 bridgehead atoms. The van der Waals surface area contributed by atoms with Gasteiger partial charge in [-0.2, -0.15) is 0 Å². The van der Waals surface area contributed by atoms with Crippen molar-refractivity contribution in [1.82, 2.24) is 9.97 Å². The van der Waals surface area contributed by atoms with Crippen molar-refractivity contribution in [3.8, 4) is 0 Å². The highest BCUT2D eigenvalue weighted by molar-refractivity contribution is 7.80. The first kappa shape index (κ1) is 12.2. The average Bonchev–Trinajstić information content (AvgIpc) is 2.38. The zero-order chi connectivity index (χ0) is 12.1. The summed E-state index contributed by atoms with van der Waals surface area (Å²) in [6, 6.07) is 0. The molecule has 1 fully saturated rings. The highest BCUT2D eigenvalue weighted by Crippen LogP contribution is 2.13. The lowest BCUT2D eigenvalue weighted by molar-refractivity contribution is 0.0247. The molecular formula is C11H16N4OS. The molecule has 2 heterocycles. The Bertz CT molecular complexity index is 376. The third-order valence-electron chi connectivity index (χ3n) is 2.69. The maximum atomic E-state index is 5.61. The molecule has 92 valence electrons. The Kier molecular flexibility index (Phi) is 4.22. The Morgan fingerprint density at radius 1 is 1.47 bits per heavy atom. The van der Waals surface area contributed by atoms with Crippen LogP contribution >= 0.6 is 12.2 Å². The molecule has 0 aromatic carbocycles. The third-order valence-corrected chi connectivity index (χ3v) is 2.90. The van der Waals surface area contributed by atoms with Gasteiger partial charge < -0.3 is 15.8 Å². The SMILES string of the molecule is NC(=S)c1cnc(NCC2CCCCO2)cn1. The molecule has 0 aliphatic carbocycles. The van der Waals surface area contributed by atoms with Gasteiger partial charge in [-0.1, -0.05) is 12.2 Å². The van der Waals surface area contributed by atoms with Crippen LogP contribution in [-0.4, -0.2) is 34.2 Å². The maximum Gasteiger partial charge on any atom is 0.144 e. The molecule has 1 aliphatic heterocycles. The number of nitrogens with zero attached hydrogens (tertiary/aromatic N) is 2. The quantitative estimate of drug-likeness (QED) is 0.782. The van der Waals surface area contributed by atoms with E-state index in [9.17, 15) is 0 Å². The van der Waals surface area contributed by atoms with Gasteiger partial charge in [-0.05, 0) is 19.3 Å². The third kappa shape index (κ3) is 3.61. The van der Waals surface area contributed by atoms with Crippen molar-refractivity contribution in [2.24, 2.45) is 5.73 Å². The van der Waals surface area contributed by atoms with Gasteiger partial charge in [-0.15, -0.1) is 0 Å². The molecule has 1 aromatic rings. The summed E-state index contributed by atoms with van der Waals surface area (Å²) in [7, 11) is 0. The van der Waals surface area contributed by atoms with Gasteiger partial charge in [-0.3, -0.25) is 0 Å². The summed E-state index contributed by atoms with van der Waals surface area (Å²) in [6.07, 6.45) is 6.99. The van der Waals surface area contributed by atoms with Gasteiger partial charge in [-0.25, -0.2) is 9.97 Å². The molecular weight excluding hydrogens is 236 g/mol. The zero-order valence-electron chi connectivity index (χ0n) is 9.56. The van der Waals surface area contributed by atoms with Crippen molar-refractivity contribution in [3.63, 3.8) is 0 Å². The molecule has 1 aliphatic rings. The van der Waals surface area contributed by atoms with Gasteiger partial charge in [0.05, 0.1) is 18.5 Å². The Morgan fingerprint density at radius 3 is 2.94 bits per heavy atom. The molecule has 1 atom stereocenters. The molecule has 1 unspecified atom stereocenters. The Balaban J connectivity index is 1.84. The van der Waals surface area contributed by atoms with Crippen molar-refractivity contribution >= 4 is 23.0 Å². The van der Waals surface area contributed by atoms with E-state index in [0.29, 0.717) is 5.69 Å². The van der Waals surface area contributed by atoms with Crippen molar-refractivity contribution < 1.29 is 4.74 Å². The zero-order valence-corrected chi connectivity index (χ0v) is 10.4. The Labute approximate surface area is 106 Å². The number of nitrogens with one attached hydrogen (secondary N) is 1. The number of thiocarbonyl (C=S) groups is 1.